The predicted molar refractivity (Wildman–Crippen MR) is 111 cm³/mol. The number of likely N-dealkylation sites (N-methyl/N-ethyl adjacent to an activating group) is 1. The average Bonchev–Trinajstić information content (AvgIpc) is 3.14. The third-order valence-corrected chi connectivity index (χ3v) is 4.98. The number of H-pyrrole nitrogens is 1. The van der Waals surface area contributed by atoms with Gasteiger partial charge in [-0.15, -0.1) is 0 Å². The maximum absolute atomic E-state index is 13.1. The van der Waals surface area contributed by atoms with Gasteiger partial charge in [0, 0.05) is 18.0 Å². The number of hydrogen-bond acceptors (Lipinski definition) is 3. The standard InChI is InChI=1S/C22H32N4O2/c1-7-15(2)19(23-20(27)16-11-9-8-10-12-16)21(28)26(6)14-17-13-18(25-24-17)22(3,4)5/h8-13,15,19H,7,14H2,1-6H3,(H,23,27)(H,24,25)/t15-,19-/m1/s1. The van der Waals surface area contributed by atoms with Gasteiger partial charge in [-0.2, -0.15) is 5.10 Å². The minimum Gasteiger partial charge on any atom is -0.340 e. The first kappa shape index (κ1) is 21.7. The molecule has 2 N–H and O–H groups in total. The van der Waals surface area contributed by atoms with Crippen LogP contribution in [0.25, 0.3) is 0 Å². The highest BCUT2D eigenvalue weighted by atomic mass is 16.2. The summed E-state index contributed by atoms with van der Waals surface area (Å²) in [7, 11) is 1.75. The summed E-state index contributed by atoms with van der Waals surface area (Å²) >= 11 is 0. The molecule has 28 heavy (non-hydrogen) atoms. The van der Waals surface area contributed by atoms with E-state index in [0.29, 0.717) is 12.1 Å². The molecule has 1 heterocycles. The lowest BCUT2D eigenvalue weighted by molar-refractivity contribution is -0.133. The highest BCUT2D eigenvalue weighted by Gasteiger charge is 2.29. The molecule has 0 aliphatic carbocycles. The van der Waals surface area contributed by atoms with Crippen LogP contribution in [0.3, 0.4) is 0 Å². The molecule has 2 rings (SSSR count). The van der Waals surface area contributed by atoms with Crippen molar-refractivity contribution in [3.05, 3.63) is 53.3 Å². The van der Waals surface area contributed by atoms with E-state index >= 15 is 0 Å². The van der Waals surface area contributed by atoms with Crippen molar-refractivity contribution in [2.75, 3.05) is 7.05 Å². The Labute approximate surface area is 167 Å². The number of rotatable bonds is 7. The molecule has 0 aliphatic rings. The van der Waals surface area contributed by atoms with Gasteiger partial charge in [-0.05, 0) is 24.1 Å². The summed E-state index contributed by atoms with van der Waals surface area (Å²) in [4.78, 5) is 27.3. The molecule has 0 fully saturated rings. The lowest BCUT2D eigenvalue weighted by Crippen LogP contribution is -2.50. The van der Waals surface area contributed by atoms with Crippen LogP contribution in [-0.4, -0.2) is 40.0 Å². The molecule has 0 aliphatic heterocycles. The molecular formula is C22H32N4O2. The van der Waals surface area contributed by atoms with Crippen LogP contribution in [0.1, 0.15) is 62.8 Å². The van der Waals surface area contributed by atoms with E-state index < -0.39 is 6.04 Å². The summed E-state index contributed by atoms with van der Waals surface area (Å²) in [5, 5.41) is 10.3. The number of nitrogens with one attached hydrogen (secondary N) is 2. The molecular weight excluding hydrogens is 352 g/mol. The van der Waals surface area contributed by atoms with Gasteiger partial charge < -0.3 is 10.2 Å². The van der Waals surface area contributed by atoms with Crippen molar-refractivity contribution >= 4 is 11.8 Å². The van der Waals surface area contributed by atoms with Gasteiger partial charge in [0.2, 0.25) is 5.91 Å². The van der Waals surface area contributed by atoms with Crippen molar-refractivity contribution in [2.45, 2.75) is 59.0 Å². The van der Waals surface area contributed by atoms with Crippen LogP contribution in [0.4, 0.5) is 0 Å². The van der Waals surface area contributed by atoms with Crippen LogP contribution in [0.2, 0.25) is 0 Å². The van der Waals surface area contributed by atoms with Gasteiger partial charge in [0.15, 0.2) is 0 Å². The zero-order valence-electron chi connectivity index (χ0n) is 17.7. The molecule has 0 unspecified atom stereocenters. The van der Waals surface area contributed by atoms with Crippen LogP contribution >= 0.6 is 0 Å². The Morgan fingerprint density at radius 2 is 1.86 bits per heavy atom. The van der Waals surface area contributed by atoms with Gasteiger partial charge >= 0.3 is 0 Å². The Balaban J connectivity index is 2.11. The molecule has 2 atom stereocenters. The van der Waals surface area contributed by atoms with E-state index in [0.717, 1.165) is 17.8 Å². The molecule has 6 heteroatoms. The molecule has 0 radical (unpaired) electrons. The summed E-state index contributed by atoms with van der Waals surface area (Å²) in [6.07, 6.45) is 0.789. The zero-order valence-corrected chi connectivity index (χ0v) is 17.7. The largest absolute Gasteiger partial charge is 0.340 e. The van der Waals surface area contributed by atoms with Gasteiger partial charge in [-0.25, -0.2) is 0 Å². The summed E-state index contributed by atoms with van der Waals surface area (Å²) in [5.74, 6) is -0.315. The minimum absolute atomic E-state index is 0.0227. The van der Waals surface area contributed by atoms with Crippen LogP contribution in [0.5, 0.6) is 0 Å². The number of aromatic nitrogens is 2. The first-order valence-corrected chi connectivity index (χ1v) is 9.79. The number of aromatic amines is 1. The molecule has 0 saturated heterocycles. The van der Waals surface area contributed by atoms with Crippen molar-refractivity contribution in [2.24, 2.45) is 5.92 Å². The number of nitrogens with zero attached hydrogens (tertiary/aromatic N) is 2. The van der Waals surface area contributed by atoms with Crippen molar-refractivity contribution in [3.8, 4) is 0 Å². The summed E-state index contributed by atoms with van der Waals surface area (Å²) in [5.41, 5.74) is 2.33. The molecule has 2 aromatic rings. The third kappa shape index (κ3) is 5.44. The second-order valence-corrected chi connectivity index (χ2v) is 8.43. The molecule has 0 spiro atoms. The van der Waals surface area contributed by atoms with Crippen LogP contribution < -0.4 is 5.32 Å². The average molecular weight is 385 g/mol. The van der Waals surface area contributed by atoms with Crippen LogP contribution in [-0.2, 0) is 16.8 Å². The second kappa shape index (κ2) is 9.04. The maximum Gasteiger partial charge on any atom is 0.251 e. The smallest absolute Gasteiger partial charge is 0.251 e. The van der Waals surface area contributed by atoms with Crippen molar-refractivity contribution in [1.82, 2.24) is 20.4 Å². The first-order chi connectivity index (χ1) is 13.1. The Hall–Kier alpha value is -2.63. The monoisotopic (exact) mass is 384 g/mol. The predicted octanol–water partition coefficient (Wildman–Crippen LogP) is 3.51. The molecule has 152 valence electrons. The Kier molecular flexibility index (Phi) is 7.00. The quantitative estimate of drug-likeness (QED) is 0.767. The van der Waals surface area contributed by atoms with E-state index in [1.54, 1.807) is 24.1 Å². The van der Waals surface area contributed by atoms with Gasteiger partial charge in [-0.3, -0.25) is 14.7 Å². The summed E-state index contributed by atoms with van der Waals surface area (Å²) < 4.78 is 0. The highest BCUT2D eigenvalue weighted by molar-refractivity contribution is 5.97. The number of carbonyl (C=O) groups is 2. The molecule has 0 bridgehead atoms. The van der Waals surface area contributed by atoms with E-state index in [9.17, 15) is 9.59 Å². The SMILES string of the molecule is CC[C@@H](C)[C@@H](NC(=O)c1ccccc1)C(=O)N(C)Cc1cc(C(C)(C)C)n[nH]1. The van der Waals surface area contributed by atoms with E-state index in [1.807, 2.05) is 38.1 Å². The van der Waals surface area contributed by atoms with E-state index in [4.69, 9.17) is 0 Å². The van der Waals surface area contributed by atoms with Gasteiger partial charge in [0.25, 0.3) is 5.91 Å². The van der Waals surface area contributed by atoms with Gasteiger partial charge in [-0.1, -0.05) is 59.2 Å². The second-order valence-electron chi connectivity index (χ2n) is 8.43. The normalized spacial score (nSPS) is 13.6. The van der Waals surface area contributed by atoms with Crippen molar-refractivity contribution < 1.29 is 9.59 Å². The van der Waals surface area contributed by atoms with Crippen molar-refractivity contribution in [3.63, 3.8) is 0 Å². The molecule has 1 aromatic heterocycles. The van der Waals surface area contributed by atoms with Gasteiger partial charge in [0.05, 0.1) is 17.9 Å². The molecule has 2 amide bonds. The summed E-state index contributed by atoms with van der Waals surface area (Å²) in [6.45, 7) is 10.7. The fourth-order valence-corrected chi connectivity index (χ4v) is 2.89. The van der Waals surface area contributed by atoms with E-state index in [2.05, 4.69) is 36.3 Å². The molecule has 6 nitrogen and oxygen atoms in total. The Bertz CT molecular complexity index is 792. The lowest BCUT2D eigenvalue weighted by Gasteiger charge is -2.28. The number of benzene rings is 1. The van der Waals surface area contributed by atoms with Crippen molar-refractivity contribution in [1.29, 1.82) is 0 Å². The summed E-state index contributed by atoms with van der Waals surface area (Å²) in [6, 6.07) is 10.4. The lowest BCUT2D eigenvalue weighted by atomic mass is 9.92. The van der Waals surface area contributed by atoms with Gasteiger partial charge in [0.1, 0.15) is 6.04 Å². The van der Waals surface area contributed by atoms with Crippen LogP contribution in [0, 0.1) is 5.92 Å². The number of carbonyl (C=O) groups excluding carboxylic acids is 2. The fourth-order valence-electron chi connectivity index (χ4n) is 2.89. The highest BCUT2D eigenvalue weighted by Crippen LogP contribution is 2.21. The topological polar surface area (TPSA) is 78.1 Å². The van der Waals surface area contributed by atoms with E-state index in [1.165, 1.54) is 0 Å². The fraction of sp³-hybridized carbons (Fsp3) is 0.500. The number of hydrogen-bond donors (Lipinski definition) is 2. The minimum atomic E-state index is -0.576. The first-order valence-electron chi connectivity index (χ1n) is 9.79. The van der Waals surface area contributed by atoms with E-state index in [-0.39, 0.29) is 23.1 Å². The van der Waals surface area contributed by atoms with Crippen LogP contribution in [0.15, 0.2) is 36.4 Å². The Morgan fingerprint density at radius 1 is 1.21 bits per heavy atom. The Morgan fingerprint density at radius 3 is 2.39 bits per heavy atom. The molecule has 1 aromatic carbocycles. The molecule has 0 saturated carbocycles. The number of amides is 2. The maximum atomic E-state index is 13.1. The third-order valence-electron chi connectivity index (χ3n) is 4.98. The zero-order chi connectivity index (χ0) is 20.9.